The topological polar surface area (TPSA) is 60.0 Å². The van der Waals surface area contributed by atoms with Gasteiger partial charge in [-0.25, -0.2) is 0 Å². The maximum atomic E-state index is 12.7. The SMILES string of the molecule is CCOc1cc(N2CCOCC2)c(OCC)cc1NC(=O)c1sccc1C. The second-order valence-electron chi connectivity index (χ2n) is 6.17. The van der Waals surface area contributed by atoms with E-state index in [0.29, 0.717) is 42.7 Å². The van der Waals surface area contributed by atoms with Crippen LogP contribution in [0.15, 0.2) is 23.6 Å². The molecule has 3 rings (SSSR count). The number of aryl methyl sites for hydroxylation is 1. The first-order valence-corrected chi connectivity index (χ1v) is 10.1. The van der Waals surface area contributed by atoms with Crippen LogP contribution in [0.25, 0.3) is 0 Å². The fourth-order valence-corrected chi connectivity index (χ4v) is 3.85. The van der Waals surface area contributed by atoms with E-state index in [1.54, 1.807) is 0 Å². The predicted octanol–water partition coefficient (Wildman–Crippen LogP) is 3.94. The Morgan fingerprint density at radius 2 is 1.89 bits per heavy atom. The monoisotopic (exact) mass is 390 g/mol. The molecule has 0 aliphatic carbocycles. The normalized spacial score (nSPS) is 14.1. The molecular formula is C20H26N2O4S. The van der Waals surface area contributed by atoms with Crippen molar-refractivity contribution in [1.82, 2.24) is 0 Å². The number of nitrogens with one attached hydrogen (secondary N) is 1. The summed E-state index contributed by atoms with van der Waals surface area (Å²) in [6, 6.07) is 5.76. The maximum Gasteiger partial charge on any atom is 0.266 e. The Labute approximate surface area is 164 Å². The number of benzene rings is 1. The van der Waals surface area contributed by atoms with Crippen LogP contribution in [0.3, 0.4) is 0 Å². The molecule has 1 aromatic carbocycles. The van der Waals surface area contributed by atoms with Gasteiger partial charge in [-0.05, 0) is 37.8 Å². The third-order valence-corrected chi connectivity index (χ3v) is 5.34. The van der Waals surface area contributed by atoms with E-state index in [1.807, 2.05) is 44.4 Å². The third kappa shape index (κ3) is 4.54. The molecule has 0 radical (unpaired) electrons. The molecule has 1 amide bonds. The number of morpholine rings is 1. The number of hydrogen-bond acceptors (Lipinski definition) is 6. The molecule has 1 N–H and O–H groups in total. The lowest BCUT2D eigenvalue weighted by molar-refractivity contribution is 0.102. The van der Waals surface area contributed by atoms with Gasteiger partial charge in [-0.15, -0.1) is 11.3 Å². The van der Waals surface area contributed by atoms with Gasteiger partial charge in [0.05, 0.1) is 42.7 Å². The summed E-state index contributed by atoms with van der Waals surface area (Å²) >= 11 is 1.43. The fourth-order valence-electron chi connectivity index (χ4n) is 3.03. The van der Waals surface area contributed by atoms with E-state index in [0.717, 1.165) is 30.1 Å². The number of carbonyl (C=O) groups is 1. The van der Waals surface area contributed by atoms with Gasteiger partial charge < -0.3 is 24.4 Å². The summed E-state index contributed by atoms with van der Waals surface area (Å²) in [7, 11) is 0. The number of carbonyl (C=O) groups excluding carboxylic acids is 1. The zero-order valence-electron chi connectivity index (χ0n) is 16.0. The Bertz CT molecular complexity index is 784. The molecule has 2 heterocycles. The van der Waals surface area contributed by atoms with E-state index in [9.17, 15) is 4.79 Å². The van der Waals surface area contributed by atoms with Crippen molar-refractivity contribution in [3.05, 3.63) is 34.0 Å². The Morgan fingerprint density at radius 1 is 1.19 bits per heavy atom. The molecule has 0 bridgehead atoms. The van der Waals surface area contributed by atoms with Crippen LogP contribution in [-0.4, -0.2) is 45.4 Å². The molecule has 7 heteroatoms. The highest BCUT2D eigenvalue weighted by molar-refractivity contribution is 7.12. The molecule has 6 nitrogen and oxygen atoms in total. The van der Waals surface area contributed by atoms with Gasteiger partial charge in [0.25, 0.3) is 5.91 Å². The van der Waals surface area contributed by atoms with Crippen LogP contribution in [0, 0.1) is 6.92 Å². The van der Waals surface area contributed by atoms with Crippen LogP contribution < -0.4 is 19.7 Å². The minimum atomic E-state index is -0.134. The van der Waals surface area contributed by atoms with Crippen LogP contribution in [0.4, 0.5) is 11.4 Å². The van der Waals surface area contributed by atoms with E-state index in [1.165, 1.54) is 11.3 Å². The standard InChI is InChI=1S/C20H26N2O4S/c1-4-25-17-13-16(22-7-9-24-10-8-22)18(26-5-2)12-15(17)21-20(23)19-14(3)6-11-27-19/h6,11-13H,4-5,7-10H2,1-3H3,(H,21,23). The first-order valence-electron chi connectivity index (χ1n) is 9.25. The lowest BCUT2D eigenvalue weighted by atomic mass is 10.2. The number of anilines is 2. The van der Waals surface area contributed by atoms with Crippen LogP contribution in [0.5, 0.6) is 11.5 Å². The van der Waals surface area contributed by atoms with Gasteiger partial charge in [0.2, 0.25) is 0 Å². The first kappa shape index (κ1) is 19.5. The second-order valence-corrected chi connectivity index (χ2v) is 7.08. The van der Waals surface area contributed by atoms with Gasteiger partial charge in [-0.2, -0.15) is 0 Å². The van der Waals surface area contributed by atoms with E-state index in [4.69, 9.17) is 14.2 Å². The quantitative estimate of drug-likeness (QED) is 0.776. The summed E-state index contributed by atoms with van der Waals surface area (Å²) in [6.45, 7) is 9.84. The highest BCUT2D eigenvalue weighted by Gasteiger charge is 2.21. The average molecular weight is 391 g/mol. The molecule has 1 fully saturated rings. The summed E-state index contributed by atoms with van der Waals surface area (Å²) in [4.78, 5) is 15.6. The van der Waals surface area contributed by atoms with Gasteiger partial charge in [0, 0.05) is 25.2 Å². The molecular weight excluding hydrogens is 364 g/mol. The number of ether oxygens (including phenoxy) is 3. The van der Waals surface area contributed by atoms with Gasteiger partial charge in [0.1, 0.15) is 11.5 Å². The molecule has 2 aromatic rings. The summed E-state index contributed by atoms with van der Waals surface area (Å²) in [5.41, 5.74) is 2.55. The number of rotatable bonds is 7. The second kappa shape index (κ2) is 9.10. The molecule has 0 saturated carbocycles. The molecule has 1 aliphatic rings. The van der Waals surface area contributed by atoms with Crippen molar-refractivity contribution in [2.75, 3.05) is 49.7 Å². The largest absolute Gasteiger partial charge is 0.492 e. The molecule has 1 aliphatic heterocycles. The average Bonchev–Trinajstić information content (AvgIpc) is 3.11. The minimum Gasteiger partial charge on any atom is -0.492 e. The Kier molecular flexibility index (Phi) is 6.58. The van der Waals surface area contributed by atoms with E-state index in [-0.39, 0.29) is 5.91 Å². The van der Waals surface area contributed by atoms with Gasteiger partial charge in [-0.3, -0.25) is 4.79 Å². The van der Waals surface area contributed by atoms with Crippen LogP contribution in [0.1, 0.15) is 29.1 Å². The number of thiophene rings is 1. The molecule has 1 saturated heterocycles. The zero-order valence-corrected chi connectivity index (χ0v) is 16.9. The molecule has 146 valence electrons. The third-order valence-electron chi connectivity index (χ3n) is 4.33. The lowest BCUT2D eigenvalue weighted by Gasteiger charge is -2.31. The van der Waals surface area contributed by atoms with Crippen molar-refractivity contribution in [2.45, 2.75) is 20.8 Å². The predicted molar refractivity (Wildman–Crippen MR) is 109 cm³/mol. The highest BCUT2D eigenvalue weighted by Crippen LogP contribution is 2.39. The van der Waals surface area contributed by atoms with Gasteiger partial charge in [0.15, 0.2) is 0 Å². The van der Waals surface area contributed by atoms with Crippen molar-refractivity contribution < 1.29 is 19.0 Å². The van der Waals surface area contributed by atoms with Crippen LogP contribution in [0.2, 0.25) is 0 Å². The fraction of sp³-hybridized carbons (Fsp3) is 0.450. The summed E-state index contributed by atoms with van der Waals surface area (Å²) < 4.78 is 17.2. The Balaban J connectivity index is 1.95. The highest BCUT2D eigenvalue weighted by atomic mass is 32.1. The minimum absolute atomic E-state index is 0.134. The van der Waals surface area contributed by atoms with Crippen LogP contribution in [-0.2, 0) is 4.74 Å². The molecule has 0 atom stereocenters. The van der Waals surface area contributed by atoms with Crippen molar-refractivity contribution in [1.29, 1.82) is 0 Å². The van der Waals surface area contributed by atoms with Crippen molar-refractivity contribution in [2.24, 2.45) is 0 Å². The number of amides is 1. The first-order chi connectivity index (χ1) is 13.1. The van der Waals surface area contributed by atoms with Gasteiger partial charge >= 0.3 is 0 Å². The van der Waals surface area contributed by atoms with E-state index >= 15 is 0 Å². The number of nitrogens with zero attached hydrogens (tertiary/aromatic N) is 1. The Morgan fingerprint density at radius 3 is 2.52 bits per heavy atom. The van der Waals surface area contributed by atoms with E-state index < -0.39 is 0 Å². The van der Waals surface area contributed by atoms with Gasteiger partial charge in [-0.1, -0.05) is 0 Å². The Hall–Kier alpha value is -2.25. The zero-order chi connectivity index (χ0) is 19.2. The molecule has 1 aromatic heterocycles. The maximum absolute atomic E-state index is 12.7. The summed E-state index contributed by atoms with van der Waals surface area (Å²) in [5, 5.41) is 4.91. The molecule has 27 heavy (non-hydrogen) atoms. The smallest absolute Gasteiger partial charge is 0.266 e. The molecule has 0 unspecified atom stereocenters. The number of hydrogen-bond donors (Lipinski definition) is 1. The van der Waals surface area contributed by atoms with E-state index in [2.05, 4.69) is 10.2 Å². The summed E-state index contributed by atoms with van der Waals surface area (Å²) in [5.74, 6) is 1.25. The lowest BCUT2D eigenvalue weighted by Crippen LogP contribution is -2.36. The van der Waals surface area contributed by atoms with Crippen molar-refractivity contribution >= 4 is 28.6 Å². The van der Waals surface area contributed by atoms with Crippen molar-refractivity contribution in [3.63, 3.8) is 0 Å². The molecule has 0 spiro atoms. The summed E-state index contributed by atoms with van der Waals surface area (Å²) in [6.07, 6.45) is 0. The van der Waals surface area contributed by atoms with Crippen molar-refractivity contribution in [3.8, 4) is 11.5 Å². The van der Waals surface area contributed by atoms with Crippen LogP contribution >= 0.6 is 11.3 Å².